The zero-order valence-electron chi connectivity index (χ0n) is 8.40. The van der Waals surface area contributed by atoms with Gasteiger partial charge in [0.25, 0.3) is 0 Å². The van der Waals surface area contributed by atoms with Gasteiger partial charge in [-0.15, -0.1) is 0 Å². The second-order valence-electron chi connectivity index (χ2n) is 3.89. The summed E-state index contributed by atoms with van der Waals surface area (Å²) in [4.78, 5) is 9.32. The summed E-state index contributed by atoms with van der Waals surface area (Å²) in [5.74, 6) is 0. The Morgan fingerprint density at radius 3 is 2.71 bits per heavy atom. The van der Waals surface area contributed by atoms with Crippen molar-refractivity contribution in [2.45, 2.75) is 26.3 Å². The van der Waals surface area contributed by atoms with Crippen LogP contribution in [0.4, 0.5) is 0 Å². The van der Waals surface area contributed by atoms with Crippen LogP contribution < -0.4 is 5.73 Å². The third kappa shape index (κ3) is 1.38. The molecule has 0 spiro atoms. The van der Waals surface area contributed by atoms with Crippen LogP contribution in [-0.2, 0) is 5.54 Å². The van der Waals surface area contributed by atoms with Gasteiger partial charge in [0.05, 0.1) is 22.3 Å². The first-order chi connectivity index (χ1) is 6.50. The highest BCUT2D eigenvalue weighted by atomic mass is 32.1. The van der Waals surface area contributed by atoms with Crippen LogP contribution in [0.3, 0.4) is 0 Å². The summed E-state index contributed by atoms with van der Waals surface area (Å²) in [6, 6.07) is 0. The molecule has 74 valence electrons. The van der Waals surface area contributed by atoms with Gasteiger partial charge < -0.3 is 5.73 Å². The Morgan fingerprint density at radius 2 is 2.07 bits per heavy atom. The molecule has 0 fully saturated rings. The van der Waals surface area contributed by atoms with Crippen LogP contribution in [0.2, 0.25) is 0 Å². The van der Waals surface area contributed by atoms with E-state index in [4.69, 9.17) is 5.73 Å². The van der Waals surface area contributed by atoms with Gasteiger partial charge in [-0.1, -0.05) is 0 Å². The number of hydrogen-bond donors (Lipinski definition) is 1. The van der Waals surface area contributed by atoms with E-state index in [1.807, 2.05) is 20.8 Å². The van der Waals surface area contributed by atoms with Crippen LogP contribution in [0.5, 0.6) is 0 Å². The monoisotopic (exact) mass is 208 g/mol. The first kappa shape index (κ1) is 9.48. The predicted octanol–water partition coefficient (Wildman–Crippen LogP) is 1.59. The van der Waals surface area contributed by atoms with Crippen molar-refractivity contribution < 1.29 is 0 Å². The Hall–Kier alpha value is -1.07. The average molecular weight is 208 g/mol. The van der Waals surface area contributed by atoms with Crippen molar-refractivity contribution >= 4 is 21.7 Å². The first-order valence-electron chi connectivity index (χ1n) is 4.36. The van der Waals surface area contributed by atoms with E-state index in [0.717, 1.165) is 21.6 Å². The first-order valence-corrected chi connectivity index (χ1v) is 5.14. The van der Waals surface area contributed by atoms with Crippen molar-refractivity contribution in [3.05, 3.63) is 17.7 Å². The Labute approximate surface area is 86.4 Å². The van der Waals surface area contributed by atoms with Gasteiger partial charge in [-0.2, -0.15) is 4.37 Å². The number of hydrogen-bond acceptors (Lipinski definition) is 5. The number of rotatable bonds is 1. The minimum absolute atomic E-state index is 0.450. The molecule has 4 nitrogen and oxygen atoms in total. The molecule has 2 aromatic rings. The molecule has 2 rings (SSSR count). The van der Waals surface area contributed by atoms with Gasteiger partial charge in [0.15, 0.2) is 0 Å². The zero-order valence-corrected chi connectivity index (χ0v) is 9.22. The molecule has 0 unspecified atom stereocenters. The summed E-state index contributed by atoms with van der Waals surface area (Å²) < 4.78 is 4.25. The van der Waals surface area contributed by atoms with Crippen LogP contribution >= 0.6 is 11.5 Å². The van der Waals surface area contributed by atoms with Gasteiger partial charge in [-0.3, -0.25) is 0 Å². The maximum Gasteiger partial charge on any atom is 0.147 e. The topological polar surface area (TPSA) is 64.7 Å². The fourth-order valence-corrected chi connectivity index (χ4v) is 2.16. The summed E-state index contributed by atoms with van der Waals surface area (Å²) in [6.45, 7) is 5.83. The van der Waals surface area contributed by atoms with E-state index in [-0.39, 0.29) is 0 Å². The fourth-order valence-electron chi connectivity index (χ4n) is 1.41. The fraction of sp³-hybridized carbons (Fsp3) is 0.444. The molecule has 2 N–H and O–H groups in total. The molecular weight excluding hydrogens is 196 g/mol. The molecular formula is C9H12N4S. The number of nitrogens with zero attached hydrogens (tertiary/aromatic N) is 3. The standard InChI is InChI=1S/C9H12N4S/c1-5-6-7(9(2,3)10)11-4-12-8(6)14-13-5/h4H,10H2,1-3H3. The van der Waals surface area contributed by atoms with Crippen LogP contribution in [0.15, 0.2) is 6.33 Å². The molecule has 2 aromatic heterocycles. The summed E-state index contributed by atoms with van der Waals surface area (Å²) in [7, 11) is 0. The van der Waals surface area contributed by atoms with Gasteiger partial charge in [-0.25, -0.2) is 9.97 Å². The Kier molecular flexibility index (Phi) is 2.01. The van der Waals surface area contributed by atoms with Crippen LogP contribution in [0.25, 0.3) is 10.2 Å². The summed E-state index contributed by atoms with van der Waals surface area (Å²) in [5, 5.41) is 1.00. The van der Waals surface area contributed by atoms with Crippen LogP contribution in [0.1, 0.15) is 25.2 Å². The third-order valence-corrected chi connectivity index (χ3v) is 2.90. The van der Waals surface area contributed by atoms with E-state index in [9.17, 15) is 0 Å². The number of aryl methyl sites for hydroxylation is 1. The second-order valence-corrected chi connectivity index (χ2v) is 4.64. The quantitative estimate of drug-likeness (QED) is 0.773. The molecule has 2 heterocycles. The third-order valence-electron chi connectivity index (χ3n) is 2.05. The molecule has 0 amide bonds. The molecule has 14 heavy (non-hydrogen) atoms. The molecule has 0 aromatic carbocycles. The van der Waals surface area contributed by atoms with Crippen molar-refractivity contribution in [2.24, 2.45) is 5.73 Å². The number of fused-ring (bicyclic) bond motifs is 1. The molecule has 0 saturated carbocycles. The SMILES string of the molecule is Cc1nsc2ncnc(C(C)(C)N)c12. The van der Waals surface area contributed by atoms with E-state index < -0.39 is 5.54 Å². The van der Waals surface area contributed by atoms with Gasteiger partial charge in [-0.05, 0) is 32.3 Å². The van der Waals surface area contributed by atoms with Crippen molar-refractivity contribution in [1.82, 2.24) is 14.3 Å². The molecule has 0 bridgehead atoms. The molecule has 0 saturated heterocycles. The highest BCUT2D eigenvalue weighted by Gasteiger charge is 2.21. The van der Waals surface area contributed by atoms with Crippen molar-refractivity contribution in [2.75, 3.05) is 0 Å². The lowest BCUT2D eigenvalue weighted by Crippen LogP contribution is -2.30. The minimum Gasteiger partial charge on any atom is -0.321 e. The van der Waals surface area contributed by atoms with E-state index in [2.05, 4.69) is 14.3 Å². The smallest absolute Gasteiger partial charge is 0.147 e. The van der Waals surface area contributed by atoms with Crippen LogP contribution in [0, 0.1) is 6.92 Å². The largest absolute Gasteiger partial charge is 0.321 e. The Bertz CT molecular complexity index is 469. The minimum atomic E-state index is -0.450. The highest BCUT2D eigenvalue weighted by Crippen LogP contribution is 2.27. The van der Waals surface area contributed by atoms with Gasteiger partial charge in [0.1, 0.15) is 11.2 Å². The number of nitrogens with two attached hydrogens (primary N) is 1. The van der Waals surface area contributed by atoms with Crippen molar-refractivity contribution in [1.29, 1.82) is 0 Å². The van der Waals surface area contributed by atoms with E-state index in [0.29, 0.717) is 0 Å². The normalized spacial score (nSPS) is 12.3. The van der Waals surface area contributed by atoms with Crippen molar-refractivity contribution in [3.8, 4) is 0 Å². The van der Waals surface area contributed by atoms with Gasteiger partial charge >= 0.3 is 0 Å². The summed E-state index contributed by atoms with van der Waals surface area (Å²) >= 11 is 1.39. The molecule has 5 heteroatoms. The summed E-state index contributed by atoms with van der Waals surface area (Å²) in [6.07, 6.45) is 1.55. The summed E-state index contributed by atoms with van der Waals surface area (Å²) in [5.41, 5.74) is 7.41. The van der Waals surface area contributed by atoms with E-state index in [1.54, 1.807) is 6.33 Å². The number of aromatic nitrogens is 3. The second kappa shape index (κ2) is 2.96. The zero-order chi connectivity index (χ0) is 10.3. The lowest BCUT2D eigenvalue weighted by molar-refractivity contribution is 0.540. The van der Waals surface area contributed by atoms with Gasteiger partial charge in [0, 0.05) is 0 Å². The molecule has 0 aliphatic heterocycles. The Balaban J connectivity index is 2.82. The molecule has 0 aliphatic carbocycles. The highest BCUT2D eigenvalue weighted by molar-refractivity contribution is 7.12. The lowest BCUT2D eigenvalue weighted by Gasteiger charge is -2.18. The molecule has 0 atom stereocenters. The maximum atomic E-state index is 6.04. The average Bonchev–Trinajstić information content (AvgIpc) is 2.46. The lowest BCUT2D eigenvalue weighted by atomic mass is 9.99. The van der Waals surface area contributed by atoms with E-state index >= 15 is 0 Å². The van der Waals surface area contributed by atoms with E-state index in [1.165, 1.54) is 11.5 Å². The van der Waals surface area contributed by atoms with Crippen molar-refractivity contribution in [3.63, 3.8) is 0 Å². The van der Waals surface area contributed by atoms with Gasteiger partial charge in [0.2, 0.25) is 0 Å². The predicted molar refractivity (Wildman–Crippen MR) is 57.2 cm³/mol. The maximum absolute atomic E-state index is 6.04. The van der Waals surface area contributed by atoms with Crippen LogP contribution in [-0.4, -0.2) is 14.3 Å². The molecule has 0 aliphatic rings. The molecule has 0 radical (unpaired) electrons. The Morgan fingerprint density at radius 1 is 1.36 bits per heavy atom.